The van der Waals surface area contributed by atoms with Gasteiger partial charge in [-0.15, -0.1) is 0 Å². The molecule has 1 N–H and O–H groups in total. The molecule has 1 heterocycles. The predicted octanol–water partition coefficient (Wildman–Crippen LogP) is 3.19. The maximum atomic E-state index is 13.5. The first kappa shape index (κ1) is 12.8. The van der Waals surface area contributed by atoms with Crippen LogP contribution in [0.2, 0.25) is 0 Å². The molecule has 1 aliphatic carbocycles. The Hall–Kier alpha value is -2.17. The minimum atomic E-state index is -0.466. The minimum absolute atomic E-state index is 0.151. The van der Waals surface area contributed by atoms with Crippen molar-refractivity contribution in [3.05, 3.63) is 47.1 Å². The molecule has 2 aromatic rings. The van der Waals surface area contributed by atoms with E-state index >= 15 is 0 Å². The average molecular weight is 274 g/mol. The normalized spacial score (nSPS) is 17.6. The van der Waals surface area contributed by atoms with E-state index < -0.39 is 11.7 Å². The zero-order valence-corrected chi connectivity index (χ0v) is 11.1. The largest absolute Gasteiger partial charge is 0.360 e. The van der Waals surface area contributed by atoms with Crippen LogP contribution in [-0.2, 0) is 12.8 Å². The van der Waals surface area contributed by atoms with Gasteiger partial charge in [0.15, 0.2) is 5.69 Å². The lowest BCUT2D eigenvalue weighted by Gasteiger charge is -2.16. The predicted molar refractivity (Wildman–Crippen MR) is 72.0 cm³/mol. The van der Waals surface area contributed by atoms with Gasteiger partial charge in [0.1, 0.15) is 11.6 Å². The maximum Gasteiger partial charge on any atom is 0.278 e. The molecule has 0 bridgehead atoms. The summed E-state index contributed by atoms with van der Waals surface area (Å²) in [6.45, 7) is 2.13. The highest BCUT2D eigenvalue weighted by Crippen LogP contribution is 2.28. The number of carbonyl (C=O) groups excluding carboxylic acids is 1. The molecule has 0 fully saturated rings. The molecular formula is C15H15FN2O2. The molecule has 104 valence electrons. The van der Waals surface area contributed by atoms with Gasteiger partial charge in [0.25, 0.3) is 5.91 Å². The maximum absolute atomic E-state index is 13.5. The second kappa shape index (κ2) is 5.07. The molecule has 1 aromatic heterocycles. The Balaban J connectivity index is 1.85. The Morgan fingerprint density at radius 3 is 3.05 bits per heavy atom. The lowest BCUT2D eigenvalue weighted by molar-refractivity contribution is 0.101. The number of hydrogen-bond acceptors (Lipinski definition) is 3. The highest BCUT2D eigenvalue weighted by Gasteiger charge is 2.27. The highest BCUT2D eigenvalue weighted by atomic mass is 19.1. The molecule has 0 spiro atoms. The molecule has 20 heavy (non-hydrogen) atoms. The van der Waals surface area contributed by atoms with Crippen molar-refractivity contribution < 1.29 is 13.7 Å². The van der Waals surface area contributed by atoms with Crippen molar-refractivity contribution in [1.82, 2.24) is 5.16 Å². The SMILES string of the molecule is CC1CCc2onc(C(=O)Nc3ccccc3F)c2C1. The fraction of sp³-hybridized carbons (Fsp3) is 0.333. The smallest absolute Gasteiger partial charge is 0.278 e. The van der Waals surface area contributed by atoms with Crippen molar-refractivity contribution in [3.8, 4) is 0 Å². The fourth-order valence-corrected chi connectivity index (χ4v) is 2.50. The number of aromatic nitrogens is 1. The molecule has 1 unspecified atom stereocenters. The number of benzene rings is 1. The molecule has 0 saturated carbocycles. The summed E-state index contributed by atoms with van der Waals surface area (Å²) in [5.74, 6) is 0.393. The van der Waals surface area contributed by atoms with Crippen LogP contribution in [0.4, 0.5) is 10.1 Å². The van der Waals surface area contributed by atoms with Crippen molar-refractivity contribution in [3.63, 3.8) is 0 Å². The molecule has 1 amide bonds. The van der Waals surface area contributed by atoms with Crippen LogP contribution in [-0.4, -0.2) is 11.1 Å². The number of halogens is 1. The van der Waals surface area contributed by atoms with E-state index in [0.29, 0.717) is 5.92 Å². The molecule has 1 atom stereocenters. The third-order valence-corrected chi connectivity index (χ3v) is 3.62. The molecule has 0 saturated heterocycles. The number of hydrogen-bond donors (Lipinski definition) is 1. The van der Waals surface area contributed by atoms with Gasteiger partial charge in [-0.3, -0.25) is 4.79 Å². The summed E-state index contributed by atoms with van der Waals surface area (Å²) in [6.07, 6.45) is 2.62. The summed E-state index contributed by atoms with van der Waals surface area (Å²) in [4.78, 5) is 12.2. The molecule has 3 rings (SSSR count). The second-order valence-corrected chi connectivity index (χ2v) is 5.21. The Morgan fingerprint density at radius 1 is 1.45 bits per heavy atom. The van der Waals surface area contributed by atoms with E-state index in [-0.39, 0.29) is 11.4 Å². The lowest BCUT2D eigenvalue weighted by atomic mass is 9.88. The number of amides is 1. The number of anilines is 1. The van der Waals surface area contributed by atoms with Crippen LogP contribution in [0.1, 0.15) is 35.2 Å². The minimum Gasteiger partial charge on any atom is -0.360 e. The van der Waals surface area contributed by atoms with Crippen molar-refractivity contribution >= 4 is 11.6 Å². The number of nitrogens with zero attached hydrogens (tertiary/aromatic N) is 1. The van der Waals surface area contributed by atoms with Crippen molar-refractivity contribution in [2.75, 3.05) is 5.32 Å². The van der Waals surface area contributed by atoms with Gasteiger partial charge in [-0.05, 0) is 30.9 Å². The summed E-state index contributed by atoms with van der Waals surface area (Å²) >= 11 is 0. The number of rotatable bonds is 2. The Morgan fingerprint density at radius 2 is 2.25 bits per heavy atom. The first-order valence-electron chi connectivity index (χ1n) is 6.68. The van der Waals surface area contributed by atoms with Crippen LogP contribution in [0.15, 0.2) is 28.8 Å². The fourth-order valence-electron chi connectivity index (χ4n) is 2.50. The van der Waals surface area contributed by atoms with Gasteiger partial charge in [0, 0.05) is 12.0 Å². The molecule has 0 aliphatic heterocycles. The van der Waals surface area contributed by atoms with Gasteiger partial charge in [0.05, 0.1) is 5.69 Å². The summed E-state index contributed by atoms with van der Waals surface area (Å²) in [7, 11) is 0. The van der Waals surface area contributed by atoms with Crippen molar-refractivity contribution in [2.24, 2.45) is 5.92 Å². The third-order valence-electron chi connectivity index (χ3n) is 3.62. The number of para-hydroxylation sites is 1. The van der Waals surface area contributed by atoms with E-state index in [1.54, 1.807) is 12.1 Å². The zero-order valence-electron chi connectivity index (χ0n) is 11.1. The molecule has 5 heteroatoms. The molecule has 0 radical (unpaired) electrons. The van der Waals surface area contributed by atoms with Crippen LogP contribution in [0.25, 0.3) is 0 Å². The quantitative estimate of drug-likeness (QED) is 0.915. The van der Waals surface area contributed by atoms with E-state index in [1.165, 1.54) is 12.1 Å². The molecule has 4 nitrogen and oxygen atoms in total. The van der Waals surface area contributed by atoms with Crippen LogP contribution in [0, 0.1) is 11.7 Å². The summed E-state index contributed by atoms with van der Waals surface area (Å²) in [6, 6.07) is 6.06. The Kier molecular flexibility index (Phi) is 3.26. The van der Waals surface area contributed by atoms with Crippen LogP contribution in [0.3, 0.4) is 0 Å². The van der Waals surface area contributed by atoms with Crippen LogP contribution < -0.4 is 5.32 Å². The highest BCUT2D eigenvalue weighted by molar-refractivity contribution is 6.04. The number of fused-ring (bicyclic) bond motifs is 1. The van der Waals surface area contributed by atoms with Gasteiger partial charge in [-0.2, -0.15) is 0 Å². The van der Waals surface area contributed by atoms with Crippen LogP contribution in [0.5, 0.6) is 0 Å². The van der Waals surface area contributed by atoms with E-state index in [2.05, 4.69) is 17.4 Å². The molecular weight excluding hydrogens is 259 g/mol. The summed E-state index contributed by atoms with van der Waals surface area (Å²) in [5.41, 5.74) is 1.28. The van der Waals surface area contributed by atoms with Gasteiger partial charge in [-0.25, -0.2) is 4.39 Å². The first-order chi connectivity index (χ1) is 9.65. The molecule has 1 aliphatic rings. The first-order valence-corrected chi connectivity index (χ1v) is 6.68. The topological polar surface area (TPSA) is 55.1 Å². The number of aryl methyl sites for hydroxylation is 1. The van der Waals surface area contributed by atoms with Crippen molar-refractivity contribution in [2.45, 2.75) is 26.2 Å². The monoisotopic (exact) mass is 274 g/mol. The van der Waals surface area contributed by atoms with E-state index in [9.17, 15) is 9.18 Å². The zero-order chi connectivity index (χ0) is 14.1. The third kappa shape index (κ3) is 2.31. The van der Waals surface area contributed by atoms with Gasteiger partial charge in [-0.1, -0.05) is 24.2 Å². The Bertz CT molecular complexity index is 651. The second-order valence-electron chi connectivity index (χ2n) is 5.21. The summed E-state index contributed by atoms with van der Waals surface area (Å²) in [5, 5.41) is 6.39. The van der Waals surface area contributed by atoms with E-state index in [0.717, 1.165) is 30.6 Å². The standard InChI is InChI=1S/C15H15FN2O2/c1-9-6-7-13-10(8-9)14(18-20-13)15(19)17-12-5-3-2-4-11(12)16/h2-5,9H,6-8H2,1H3,(H,17,19). The van der Waals surface area contributed by atoms with Crippen LogP contribution >= 0.6 is 0 Å². The van der Waals surface area contributed by atoms with Gasteiger partial charge < -0.3 is 9.84 Å². The molecule has 1 aromatic carbocycles. The van der Waals surface area contributed by atoms with Gasteiger partial charge in [0.2, 0.25) is 0 Å². The Labute approximate surface area is 116 Å². The number of nitrogens with one attached hydrogen (secondary N) is 1. The average Bonchev–Trinajstić information content (AvgIpc) is 2.84. The lowest BCUT2D eigenvalue weighted by Crippen LogP contribution is -2.18. The number of carbonyl (C=O) groups is 1. The van der Waals surface area contributed by atoms with E-state index in [4.69, 9.17) is 4.52 Å². The van der Waals surface area contributed by atoms with Gasteiger partial charge >= 0.3 is 0 Å². The van der Waals surface area contributed by atoms with Crippen molar-refractivity contribution in [1.29, 1.82) is 0 Å². The summed E-state index contributed by atoms with van der Waals surface area (Å²) < 4.78 is 18.8. The van der Waals surface area contributed by atoms with E-state index in [1.807, 2.05) is 0 Å².